The Bertz CT molecular complexity index is 565. The van der Waals surface area contributed by atoms with E-state index >= 15 is 0 Å². The van der Waals surface area contributed by atoms with Crippen molar-refractivity contribution in [2.45, 2.75) is 12.6 Å². The number of nitrogens with zero attached hydrogens (tertiary/aromatic N) is 1. The lowest BCUT2D eigenvalue weighted by Gasteiger charge is -2.09. The van der Waals surface area contributed by atoms with E-state index in [0.29, 0.717) is 5.69 Å². The number of benzene rings is 1. The van der Waals surface area contributed by atoms with Crippen LogP contribution in [0.15, 0.2) is 41.1 Å². The number of nitrogens with one attached hydrogen (secondary N) is 1. The van der Waals surface area contributed by atoms with Crippen LogP contribution in [-0.2, 0) is 17.4 Å². The Hall–Kier alpha value is -2.31. The average molecular weight is 270 g/mol. The molecule has 0 unspecified atom stereocenters. The summed E-state index contributed by atoms with van der Waals surface area (Å²) in [7, 11) is 0. The molecule has 0 atom stereocenters. The predicted molar refractivity (Wildman–Crippen MR) is 60.3 cm³/mol. The second-order valence-corrected chi connectivity index (χ2v) is 3.79. The first-order valence-electron chi connectivity index (χ1n) is 5.31. The first-order chi connectivity index (χ1) is 8.95. The number of hydrogen-bond acceptors (Lipinski definition) is 3. The zero-order chi connectivity index (χ0) is 13.9. The average Bonchev–Trinajstić information content (AvgIpc) is 2.80. The summed E-state index contributed by atoms with van der Waals surface area (Å²) in [5.74, 6) is -0.465. The van der Waals surface area contributed by atoms with Crippen molar-refractivity contribution in [2.75, 3.05) is 5.32 Å². The van der Waals surface area contributed by atoms with E-state index < -0.39 is 17.6 Å². The zero-order valence-electron chi connectivity index (χ0n) is 9.57. The van der Waals surface area contributed by atoms with Crippen LogP contribution in [0.25, 0.3) is 0 Å². The molecule has 7 heteroatoms. The minimum absolute atomic E-state index is 0.0628. The van der Waals surface area contributed by atoms with Crippen molar-refractivity contribution in [3.8, 4) is 0 Å². The molecule has 4 nitrogen and oxygen atoms in total. The molecule has 0 radical (unpaired) electrons. The van der Waals surface area contributed by atoms with Gasteiger partial charge in [0.15, 0.2) is 0 Å². The van der Waals surface area contributed by atoms with Gasteiger partial charge in [-0.15, -0.1) is 0 Å². The maximum absolute atomic E-state index is 12.5. The molecule has 1 N–H and O–H groups in total. The molecule has 0 spiro atoms. The fourth-order valence-corrected chi connectivity index (χ4v) is 1.47. The van der Waals surface area contributed by atoms with E-state index in [1.54, 1.807) is 0 Å². The van der Waals surface area contributed by atoms with Gasteiger partial charge in [-0.2, -0.15) is 13.2 Å². The quantitative estimate of drug-likeness (QED) is 0.933. The number of carbonyl (C=O) groups is 1. The number of alkyl halides is 3. The van der Waals surface area contributed by atoms with Gasteiger partial charge >= 0.3 is 6.18 Å². The maximum Gasteiger partial charge on any atom is 0.416 e. The molecule has 1 aromatic carbocycles. The fourth-order valence-electron chi connectivity index (χ4n) is 1.47. The third-order valence-corrected chi connectivity index (χ3v) is 2.31. The molecular weight excluding hydrogens is 261 g/mol. The molecule has 0 saturated heterocycles. The lowest BCUT2D eigenvalue weighted by Crippen LogP contribution is -2.15. The molecule has 1 heterocycles. The first-order valence-corrected chi connectivity index (χ1v) is 5.31. The highest BCUT2D eigenvalue weighted by Gasteiger charge is 2.30. The predicted octanol–water partition coefficient (Wildman–Crippen LogP) is 2.87. The van der Waals surface area contributed by atoms with Crippen LogP contribution >= 0.6 is 0 Å². The van der Waals surface area contributed by atoms with Gasteiger partial charge in [0.05, 0.1) is 17.7 Å². The Labute approximate surface area is 106 Å². The number of anilines is 1. The van der Waals surface area contributed by atoms with Crippen LogP contribution in [0.4, 0.5) is 18.9 Å². The van der Waals surface area contributed by atoms with Crippen LogP contribution in [0.5, 0.6) is 0 Å². The first kappa shape index (κ1) is 13.1. The standard InChI is InChI=1S/C12H9F3N2O2/c13-12(14,15)8-2-1-3-9(6-8)16-11(18)7-10-4-5-19-17-10/h1-6H,7H2,(H,16,18). The van der Waals surface area contributed by atoms with Crippen LogP contribution in [-0.4, -0.2) is 11.1 Å². The van der Waals surface area contributed by atoms with Gasteiger partial charge in [0.2, 0.25) is 5.91 Å². The molecule has 2 aromatic rings. The van der Waals surface area contributed by atoms with Crippen molar-refractivity contribution < 1.29 is 22.5 Å². The summed E-state index contributed by atoms with van der Waals surface area (Å²) in [6.07, 6.45) is -3.19. The molecular formula is C12H9F3N2O2. The molecule has 19 heavy (non-hydrogen) atoms. The van der Waals surface area contributed by atoms with Gasteiger partial charge in [0.25, 0.3) is 0 Å². The third-order valence-electron chi connectivity index (χ3n) is 2.31. The van der Waals surface area contributed by atoms with Gasteiger partial charge in [-0.05, 0) is 18.2 Å². The number of rotatable bonds is 3. The largest absolute Gasteiger partial charge is 0.416 e. The number of aromatic nitrogens is 1. The minimum atomic E-state index is -4.44. The summed E-state index contributed by atoms with van der Waals surface area (Å²) in [4.78, 5) is 11.6. The Morgan fingerprint density at radius 3 is 2.74 bits per heavy atom. The molecule has 0 saturated carbocycles. The van der Waals surface area contributed by atoms with Gasteiger partial charge in [-0.25, -0.2) is 0 Å². The lowest BCUT2D eigenvalue weighted by molar-refractivity contribution is -0.137. The van der Waals surface area contributed by atoms with E-state index in [0.717, 1.165) is 12.1 Å². The second-order valence-electron chi connectivity index (χ2n) is 3.79. The van der Waals surface area contributed by atoms with Crippen LogP contribution in [0.1, 0.15) is 11.3 Å². The van der Waals surface area contributed by atoms with Crippen molar-refractivity contribution in [3.63, 3.8) is 0 Å². The van der Waals surface area contributed by atoms with Crippen molar-refractivity contribution in [2.24, 2.45) is 0 Å². The van der Waals surface area contributed by atoms with Gasteiger partial charge < -0.3 is 9.84 Å². The van der Waals surface area contributed by atoms with Crippen molar-refractivity contribution in [1.82, 2.24) is 5.16 Å². The van der Waals surface area contributed by atoms with Crippen LogP contribution in [0.3, 0.4) is 0 Å². The third kappa shape index (κ3) is 3.57. The Kier molecular flexibility index (Phi) is 3.55. The van der Waals surface area contributed by atoms with Crippen LogP contribution in [0.2, 0.25) is 0 Å². The van der Waals surface area contributed by atoms with Gasteiger partial charge in [-0.1, -0.05) is 11.2 Å². The van der Waals surface area contributed by atoms with Crippen molar-refractivity contribution in [1.29, 1.82) is 0 Å². The van der Waals surface area contributed by atoms with Crippen LogP contribution in [0, 0.1) is 0 Å². The Balaban J connectivity index is 2.05. The van der Waals surface area contributed by atoms with Crippen molar-refractivity contribution in [3.05, 3.63) is 47.9 Å². The van der Waals surface area contributed by atoms with E-state index in [1.807, 2.05) is 0 Å². The summed E-state index contributed by atoms with van der Waals surface area (Å²) in [5, 5.41) is 5.91. The topological polar surface area (TPSA) is 55.1 Å². The highest BCUT2D eigenvalue weighted by atomic mass is 19.4. The Morgan fingerprint density at radius 2 is 2.11 bits per heavy atom. The van der Waals surface area contributed by atoms with E-state index in [-0.39, 0.29) is 12.1 Å². The highest BCUT2D eigenvalue weighted by molar-refractivity contribution is 5.92. The molecule has 0 fully saturated rings. The monoisotopic (exact) mass is 270 g/mol. The van der Waals surface area contributed by atoms with Gasteiger partial charge in [-0.3, -0.25) is 4.79 Å². The SMILES string of the molecule is O=C(Cc1ccon1)Nc1cccc(C(F)(F)F)c1. The molecule has 1 amide bonds. The van der Waals surface area contributed by atoms with Gasteiger partial charge in [0, 0.05) is 11.8 Å². The Morgan fingerprint density at radius 1 is 1.32 bits per heavy atom. The zero-order valence-corrected chi connectivity index (χ0v) is 9.57. The summed E-state index contributed by atoms with van der Waals surface area (Å²) < 4.78 is 42.0. The normalized spacial score (nSPS) is 11.3. The second kappa shape index (κ2) is 5.13. The fraction of sp³-hybridized carbons (Fsp3) is 0.167. The van der Waals surface area contributed by atoms with Crippen molar-refractivity contribution >= 4 is 11.6 Å². The van der Waals surface area contributed by atoms with Gasteiger partial charge in [0.1, 0.15) is 6.26 Å². The summed E-state index contributed by atoms with van der Waals surface area (Å²) in [5.41, 5.74) is -0.320. The maximum atomic E-state index is 12.5. The smallest absolute Gasteiger partial charge is 0.364 e. The molecule has 0 bridgehead atoms. The minimum Gasteiger partial charge on any atom is -0.364 e. The lowest BCUT2D eigenvalue weighted by atomic mass is 10.2. The summed E-state index contributed by atoms with van der Waals surface area (Å²) >= 11 is 0. The number of halogens is 3. The van der Waals surface area contributed by atoms with E-state index in [4.69, 9.17) is 0 Å². The summed E-state index contributed by atoms with van der Waals surface area (Å²) in [6.45, 7) is 0. The van der Waals surface area contributed by atoms with E-state index in [1.165, 1.54) is 24.5 Å². The molecule has 0 aliphatic carbocycles. The molecule has 2 rings (SSSR count). The van der Waals surface area contributed by atoms with E-state index in [9.17, 15) is 18.0 Å². The number of hydrogen-bond donors (Lipinski definition) is 1. The molecule has 1 aromatic heterocycles. The highest BCUT2D eigenvalue weighted by Crippen LogP contribution is 2.30. The van der Waals surface area contributed by atoms with E-state index in [2.05, 4.69) is 15.0 Å². The molecule has 0 aliphatic rings. The van der Waals surface area contributed by atoms with Crippen LogP contribution < -0.4 is 5.32 Å². The summed E-state index contributed by atoms with van der Waals surface area (Å²) in [6, 6.07) is 5.93. The molecule has 100 valence electrons. The number of amides is 1. The molecule has 0 aliphatic heterocycles. The number of carbonyl (C=O) groups excluding carboxylic acids is 1.